The molecule has 1 N–H and O–H groups in total. The van der Waals surface area contributed by atoms with Crippen LogP contribution in [0.3, 0.4) is 0 Å². The summed E-state index contributed by atoms with van der Waals surface area (Å²) in [5, 5.41) is 2.45. The average molecular weight is 566 g/mol. The molecule has 5 nitrogen and oxygen atoms in total. The Morgan fingerprint density at radius 1 is 0.568 bits per heavy atom. The standard InChI is InChI=1S/C39H27N5/c1-4-13-28(14-5-1)42(29-15-6-2-7-16-29)31-23-27(35-20-12-22-40-35)24-32(25-31)44-38-34(26-41-38)37-33-19-10-11-21-36(33)43(39(37)44)30-17-8-3-9-18-30/h1-26,40H. The van der Waals surface area contributed by atoms with Gasteiger partial charge in [-0.05, 0) is 72.8 Å². The molecule has 5 heteroatoms. The molecule has 8 aromatic rings. The lowest BCUT2D eigenvalue weighted by Crippen LogP contribution is -2.11. The smallest absolute Gasteiger partial charge is 0.148 e. The zero-order chi connectivity index (χ0) is 29.0. The monoisotopic (exact) mass is 565 g/mol. The van der Waals surface area contributed by atoms with E-state index >= 15 is 0 Å². The summed E-state index contributed by atoms with van der Waals surface area (Å²) >= 11 is 0. The van der Waals surface area contributed by atoms with Gasteiger partial charge in [0.1, 0.15) is 11.5 Å². The minimum atomic E-state index is 0.978. The Morgan fingerprint density at radius 3 is 1.91 bits per heavy atom. The Labute approximate surface area is 254 Å². The molecule has 0 atom stereocenters. The van der Waals surface area contributed by atoms with Crippen LogP contribution in [0.2, 0.25) is 0 Å². The first-order chi connectivity index (χ1) is 21.8. The van der Waals surface area contributed by atoms with Gasteiger partial charge in [0.05, 0.1) is 11.2 Å². The number of anilines is 3. The number of aliphatic imine (C=N–C) groups is 1. The molecular weight excluding hydrogens is 538 g/mol. The summed E-state index contributed by atoms with van der Waals surface area (Å²) in [5.41, 5.74) is 11.0. The van der Waals surface area contributed by atoms with Gasteiger partial charge in [0, 0.05) is 62.8 Å². The van der Waals surface area contributed by atoms with E-state index in [9.17, 15) is 0 Å². The highest BCUT2D eigenvalue weighted by atomic mass is 15.2. The number of aromatic amines is 1. The average Bonchev–Trinajstić information content (AvgIpc) is 3.77. The predicted octanol–water partition coefficient (Wildman–Crippen LogP) is 10.1. The van der Waals surface area contributed by atoms with Gasteiger partial charge in [-0.2, -0.15) is 0 Å². The van der Waals surface area contributed by atoms with Gasteiger partial charge in [0.15, 0.2) is 0 Å². The maximum Gasteiger partial charge on any atom is 0.148 e. The first-order valence-electron chi connectivity index (χ1n) is 14.8. The van der Waals surface area contributed by atoms with Crippen molar-refractivity contribution >= 4 is 51.0 Å². The molecule has 0 bridgehead atoms. The van der Waals surface area contributed by atoms with Crippen LogP contribution in [0.4, 0.5) is 22.9 Å². The van der Waals surface area contributed by atoms with Crippen molar-refractivity contribution in [3.8, 4) is 22.6 Å². The van der Waals surface area contributed by atoms with Gasteiger partial charge in [0.25, 0.3) is 0 Å². The third-order valence-electron chi connectivity index (χ3n) is 8.47. The summed E-state index contributed by atoms with van der Waals surface area (Å²) in [6.45, 7) is 0. The SMILES string of the molecule is C1=Nc2c1c1c3ccccc3n(-c3ccccc3)c1n2-c1cc(-c2ccc[nH]2)cc(N(c2ccccc2)c2ccccc2)c1. The molecule has 0 radical (unpaired) electrons. The topological polar surface area (TPSA) is 41.2 Å². The van der Waals surface area contributed by atoms with Crippen molar-refractivity contribution in [1.82, 2.24) is 14.1 Å². The number of hydrogen-bond donors (Lipinski definition) is 1. The van der Waals surface area contributed by atoms with E-state index in [-0.39, 0.29) is 0 Å². The van der Waals surface area contributed by atoms with Crippen molar-refractivity contribution in [2.45, 2.75) is 0 Å². The minimum absolute atomic E-state index is 0.978. The molecule has 3 aromatic heterocycles. The minimum Gasteiger partial charge on any atom is -0.361 e. The highest BCUT2D eigenvalue weighted by Gasteiger charge is 2.29. The number of benzene rings is 5. The summed E-state index contributed by atoms with van der Waals surface area (Å²) in [6.07, 6.45) is 3.98. The Morgan fingerprint density at radius 2 is 1.25 bits per heavy atom. The molecule has 0 spiro atoms. The van der Waals surface area contributed by atoms with Crippen LogP contribution in [0.5, 0.6) is 0 Å². The largest absolute Gasteiger partial charge is 0.361 e. The van der Waals surface area contributed by atoms with Crippen LogP contribution in [0.25, 0.3) is 44.6 Å². The lowest BCUT2D eigenvalue weighted by atomic mass is 10.1. The summed E-state index contributed by atoms with van der Waals surface area (Å²) < 4.78 is 4.71. The zero-order valence-corrected chi connectivity index (χ0v) is 23.8. The first-order valence-corrected chi connectivity index (χ1v) is 14.8. The van der Waals surface area contributed by atoms with Crippen LogP contribution in [0.15, 0.2) is 157 Å². The van der Waals surface area contributed by atoms with Gasteiger partial charge in [-0.1, -0.05) is 72.8 Å². The van der Waals surface area contributed by atoms with Crippen molar-refractivity contribution in [3.63, 3.8) is 0 Å². The molecule has 0 aliphatic carbocycles. The number of nitrogens with zero attached hydrogens (tertiary/aromatic N) is 4. The lowest BCUT2D eigenvalue weighted by molar-refractivity contribution is 1.03. The summed E-state index contributed by atoms with van der Waals surface area (Å²) in [4.78, 5) is 10.6. The quantitative estimate of drug-likeness (QED) is 0.214. The fourth-order valence-corrected chi connectivity index (χ4v) is 6.55. The van der Waals surface area contributed by atoms with Crippen molar-refractivity contribution < 1.29 is 0 Å². The van der Waals surface area contributed by atoms with E-state index in [2.05, 4.69) is 159 Å². The number of H-pyrrole nitrogens is 1. The highest BCUT2D eigenvalue weighted by Crippen LogP contribution is 2.46. The van der Waals surface area contributed by atoms with Crippen molar-refractivity contribution in [3.05, 3.63) is 157 Å². The van der Waals surface area contributed by atoms with E-state index in [1.165, 1.54) is 21.9 Å². The van der Waals surface area contributed by atoms with Crippen LogP contribution in [-0.2, 0) is 0 Å². The van der Waals surface area contributed by atoms with E-state index in [1.807, 2.05) is 18.5 Å². The van der Waals surface area contributed by atoms with Crippen LogP contribution < -0.4 is 4.90 Å². The van der Waals surface area contributed by atoms with Gasteiger partial charge in [-0.25, -0.2) is 4.99 Å². The molecule has 4 heterocycles. The summed E-state index contributed by atoms with van der Waals surface area (Å²) in [7, 11) is 0. The predicted molar refractivity (Wildman–Crippen MR) is 182 cm³/mol. The van der Waals surface area contributed by atoms with Crippen LogP contribution in [-0.4, -0.2) is 20.3 Å². The Hall–Kier alpha value is -6.07. The van der Waals surface area contributed by atoms with Gasteiger partial charge in [0.2, 0.25) is 0 Å². The molecule has 44 heavy (non-hydrogen) atoms. The molecule has 0 fully saturated rings. The Kier molecular flexibility index (Phi) is 5.43. The molecule has 5 aromatic carbocycles. The van der Waals surface area contributed by atoms with Gasteiger partial charge < -0.3 is 9.88 Å². The number of nitrogens with one attached hydrogen (secondary N) is 1. The highest BCUT2D eigenvalue weighted by molar-refractivity contribution is 6.21. The molecule has 0 amide bonds. The molecule has 1 aliphatic heterocycles. The van der Waals surface area contributed by atoms with E-state index in [4.69, 9.17) is 4.99 Å². The summed E-state index contributed by atoms with van der Waals surface area (Å²) in [5.74, 6) is 0.978. The Bertz CT molecular complexity index is 2270. The fraction of sp³-hybridized carbons (Fsp3) is 0. The third kappa shape index (κ3) is 3.69. The third-order valence-corrected chi connectivity index (χ3v) is 8.47. The summed E-state index contributed by atoms with van der Waals surface area (Å²) in [6, 6.07) is 51.4. The van der Waals surface area contributed by atoms with Gasteiger partial charge >= 0.3 is 0 Å². The molecular formula is C39H27N5. The number of aromatic nitrogens is 3. The molecule has 0 unspecified atom stereocenters. The molecule has 208 valence electrons. The van der Waals surface area contributed by atoms with Crippen molar-refractivity contribution in [1.29, 1.82) is 0 Å². The second kappa shape index (κ2) is 9.75. The van der Waals surface area contributed by atoms with Crippen LogP contribution in [0.1, 0.15) is 5.56 Å². The van der Waals surface area contributed by atoms with Gasteiger partial charge in [-0.15, -0.1) is 0 Å². The maximum atomic E-state index is 4.85. The first kappa shape index (κ1) is 24.5. The van der Waals surface area contributed by atoms with E-state index in [0.717, 1.165) is 51.2 Å². The Balaban J connectivity index is 1.38. The number of fused-ring (bicyclic) bond motifs is 5. The fourth-order valence-electron chi connectivity index (χ4n) is 6.55. The molecule has 1 aliphatic rings. The van der Waals surface area contributed by atoms with Crippen LogP contribution >= 0.6 is 0 Å². The van der Waals surface area contributed by atoms with Crippen molar-refractivity contribution in [2.24, 2.45) is 4.99 Å². The zero-order valence-electron chi connectivity index (χ0n) is 23.8. The van der Waals surface area contributed by atoms with E-state index in [1.54, 1.807) is 0 Å². The number of hydrogen-bond acceptors (Lipinski definition) is 2. The van der Waals surface area contributed by atoms with Crippen LogP contribution in [0, 0.1) is 0 Å². The molecule has 0 saturated carbocycles. The lowest BCUT2D eigenvalue weighted by Gasteiger charge is -2.27. The number of rotatable bonds is 6. The van der Waals surface area contributed by atoms with Crippen molar-refractivity contribution in [2.75, 3.05) is 4.90 Å². The molecule has 9 rings (SSSR count). The maximum absolute atomic E-state index is 4.85. The normalized spacial score (nSPS) is 12.0. The van der Waals surface area contributed by atoms with E-state index < -0.39 is 0 Å². The van der Waals surface area contributed by atoms with Gasteiger partial charge in [-0.3, -0.25) is 9.13 Å². The molecule has 0 saturated heterocycles. The second-order valence-corrected chi connectivity index (χ2v) is 11.0. The van der Waals surface area contributed by atoms with E-state index in [0.29, 0.717) is 0 Å². The number of para-hydroxylation sites is 4. The second-order valence-electron chi connectivity index (χ2n) is 11.0.